The average Bonchev–Trinajstić information content (AvgIpc) is 2.80. The van der Waals surface area contributed by atoms with Crippen LogP contribution < -0.4 is 4.90 Å². The zero-order valence-electron chi connectivity index (χ0n) is 10.6. The lowest BCUT2D eigenvalue weighted by molar-refractivity contribution is -0.129. The van der Waals surface area contributed by atoms with Crippen LogP contribution in [-0.2, 0) is 4.79 Å². The van der Waals surface area contributed by atoms with Gasteiger partial charge in [-0.15, -0.1) is 0 Å². The summed E-state index contributed by atoms with van der Waals surface area (Å²) in [4.78, 5) is 31.1. The topological polar surface area (TPSA) is 57.9 Å². The molecule has 0 spiro atoms. The van der Waals surface area contributed by atoms with Gasteiger partial charge in [0, 0.05) is 26.3 Å². The van der Waals surface area contributed by atoms with E-state index in [4.69, 9.17) is 0 Å². The Morgan fingerprint density at radius 2 is 2.16 bits per heavy atom. The van der Waals surface area contributed by atoms with Crippen molar-refractivity contribution in [3.05, 3.63) is 30.1 Å². The molecule has 19 heavy (non-hydrogen) atoms. The number of pyridine rings is 1. The van der Waals surface area contributed by atoms with Crippen molar-refractivity contribution in [3.8, 4) is 0 Å². The number of hydrogen-bond acceptors (Lipinski definition) is 4. The molecule has 1 fully saturated rings. The van der Waals surface area contributed by atoms with Gasteiger partial charge in [0.2, 0.25) is 5.91 Å². The molecule has 6 heteroatoms. The predicted octanol–water partition coefficient (Wildman–Crippen LogP) is 0.425. The Balaban J connectivity index is 2.05. The standard InChI is InChI=1S/C13H14N4O2/c1-15-6-7-16(8-12(15)19)13-10(9-18)17-5-3-2-4-11(17)14-13/h2-5,9H,6-8H2,1H3. The smallest absolute Gasteiger partial charge is 0.241 e. The third-order valence-electron chi connectivity index (χ3n) is 3.42. The van der Waals surface area contributed by atoms with Gasteiger partial charge in [-0.1, -0.05) is 6.07 Å². The van der Waals surface area contributed by atoms with Crippen molar-refractivity contribution >= 4 is 23.7 Å². The van der Waals surface area contributed by atoms with E-state index in [2.05, 4.69) is 4.98 Å². The zero-order valence-corrected chi connectivity index (χ0v) is 10.6. The molecule has 0 bridgehead atoms. The van der Waals surface area contributed by atoms with Crippen LogP contribution in [0.15, 0.2) is 24.4 Å². The summed E-state index contributed by atoms with van der Waals surface area (Å²) in [5.41, 5.74) is 1.21. The molecule has 2 aromatic heterocycles. The van der Waals surface area contributed by atoms with Crippen LogP contribution in [0.5, 0.6) is 0 Å². The van der Waals surface area contributed by atoms with Crippen molar-refractivity contribution in [1.29, 1.82) is 0 Å². The summed E-state index contributed by atoms with van der Waals surface area (Å²) in [6, 6.07) is 5.56. The van der Waals surface area contributed by atoms with E-state index < -0.39 is 0 Å². The molecule has 1 aliphatic heterocycles. The summed E-state index contributed by atoms with van der Waals surface area (Å²) in [5.74, 6) is 0.628. The summed E-state index contributed by atoms with van der Waals surface area (Å²) >= 11 is 0. The summed E-state index contributed by atoms with van der Waals surface area (Å²) in [7, 11) is 1.78. The summed E-state index contributed by atoms with van der Waals surface area (Å²) in [6.07, 6.45) is 2.59. The predicted molar refractivity (Wildman–Crippen MR) is 70.4 cm³/mol. The third-order valence-corrected chi connectivity index (χ3v) is 3.42. The maximum Gasteiger partial charge on any atom is 0.241 e. The van der Waals surface area contributed by atoms with Crippen LogP contribution >= 0.6 is 0 Å². The molecule has 0 unspecified atom stereocenters. The van der Waals surface area contributed by atoms with Crippen molar-refractivity contribution < 1.29 is 9.59 Å². The molecule has 1 amide bonds. The van der Waals surface area contributed by atoms with Crippen LogP contribution in [0.4, 0.5) is 5.82 Å². The number of carbonyl (C=O) groups excluding carboxylic acids is 2. The van der Waals surface area contributed by atoms with Crippen LogP contribution in [0.3, 0.4) is 0 Å². The molecule has 6 nitrogen and oxygen atoms in total. The minimum atomic E-state index is 0.0418. The molecule has 1 aliphatic rings. The van der Waals surface area contributed by atoms with Gasteiger partial charge in [0.1, 0.15) is 11.3 Å². The molecule has 3 heterocycles. The largest absolute Gasteiger partial charge is 0.344 e. The minimum absolute atomic E-state index is 0.0418. The molecule has 0 N–H and O–H groups in total. The summed E-state index contributed by atoms with van der Waals surface area (Å²) in [6.45, 7) is 1.60. The highest BCUT2D eigenvalue weighted by molar-refractivity contribution is 5.87. The molecule has 3 rings (SSSR count). The average molecular weight is 258 g/mol. The van der Waals surface area contributed by atoms with E-state index in [1.807, 2.05) is 23.1 Å². The lowest BCUT2D eigenvalue weighted by Crippen LogP contribution is -2.49. The first-order valence-electron chi connectivity index (χ1n) is 6.12. The maximum absolute atomic E-state index is 11.8. The molecule has 2 aromatic rings. The Kier molecular flexibility index (Phi) is 2.70. The SMILES string of the molecule is CN1CCN(c2nc3ccccn3c2C=O)CC1=O. The van der Waals surface area contributed by atoms with E-state index >= 15 is 0 Å². The fraction of sp³-hybridized carbons (Fsp3) is 0.308. The first-order valence-corrected chi connectivity index (χ1v) is 6.12. The van der Waals surface area contributed by atoms with Gasteiger partial charge in [0.05, 0.1) is 6.54 Å². The molecule has 0 aliphatic carbocycles. The van der Waals surface area contributed by atoms with Crippen molar-refractivity contribution in [2.75, 3.05) is 31.6 Å². The number of piperazine rings is 1. The van der Waals surface area contributed by atoms with Gasteiger partial charge in [-0.3, -0.25) is 14.0 Å². The first-order chi connectivity index (χ1) is 9.20. The number of amides is 1. The lowest BCUT2D eigenvalue weighted by atomic mass is 10.3. The van der Waals surface area contributed by atoms with Gasteiger partial charge in [-0.2, -0.15) is 0 Å². The Bertz CT molecular complexity index is 649. The number of hydrogen-bond donors (Lipinski definition) is 0. The number of carbonyl (C=O) groups is 2. The van der Waals surface area contributed by atoms with Gasteiger partial charge in [-0.25, -0.2) is 4.98 Å². The van der Waals surface area contributed by atoms with Crippen molar-refractivity contribution in [2.24, 2.45) is 0 Å². The van der Waals surface area contributed by atoms with Gasteiger partial charge in [0.25, 0.3) is 0 Å². The molecule has 98 valence electrons. The fourth-order valence-corrected chi connectivity index (χ4v) is 2.28. The minimum Gasteiger partial charge on any atom is -0.344 e. The molecular weight excluding hydrogens is 244 g/mol. The van der Waals surface area contributed by atoms with E-state index in [9.17, 15) is 9.59 Å². The summed E-state index contributed by atoms with van der Waals surface area (Å²) < 4.78 is 1.74. The highest BCUT2D eigenvalue weighted by Crippen LogP contribution is 2.21. The monoisotopic (exact) mass is 258 g/mol. The number of rotatable bonds is 2. The molecule has 1 saturated heterocycles. The Morgan fingerprint density at radius 3 is 2.89 bits per heavy atom. The van der Waals surface area contributed by atoms with Crippen molar-refractivity contribution in [2.45, 2.75) is 0 Å². The van der Waals surface area contributed by atoms with Crippen LogP contribution in [0, 0.1) is 0 Å². The number of fused-ring (bicyclic) bond motifs is 1. The number of likely N-dealkylation sites (N-methyl/N-ethyl adjacent to an activating group) is 1. The van der Waals surface area contributed by atoms with E-state index in [0.29, 0.717) is 30.2 Å². The molecule has 0 atom stereocenters. The van der Waals surface area contributed by atoms with Crippen molar-refractivity contribution in [3.63, 3.8) is 0 Å². The number of nitrogens with zero attached hydrogens (tertiary/aromatic N) is 4. The first kappa shape index (κ1) is 11.7. The van der Waals surface area contributed by atoms with Gasteiger partial charge >= 0.3 is 0 Å². The van der Waals surface area contributed by atoms with E-state index in [1.165, 1.54) is 0 Å². The van der Waals surface area contributed by atoms with Crippen molar-refractivity contribution in [1.82, 2.24) is 14.3 Å². The lowest BCUT2D eigenvalue weighted by Gasteiger charge is -2.32. The maximum atomic E-state index is 11.8. The van der Waals surface area contributed by atoms with Gasteiger partial charge < -0.3 is 9.80 Å². The second-order valence-electron chi connectivity index (χ2n) is 4.60. The second-order valence-corrected chi connectivity index (χ2v) is 4.60. The van der Waals surface area contributed by atoms with Crippen LogP contribution in [-0.4, -0.2) is 53.2 Å². The Morgan fingerprint density at radius 1 is 1.32 bits per heavy atom. The van der Waals surface area contributed by atoms with Crippen LogP contribution in [0.1, 0.15) is 10.5 Å². The Labute approximate surface area is 110 Å². The highest BCUT2D eigenvalue weighted by atomic mass is 16.2. The molecule has 0 saturated carbocycles. The number of aldehydes is 1. The molecule has 0 radical (unpaired) electrons. The highest BCUT2D eigenvalue weighted by Gasteiger charge is 2.25. The van der Waals surface area contributed by atoms with E-state index in [-0.39, 0.29) is 12.5 Å². The van der Waals surface area contributed by atoms with Crippen LogP contribution in [0.25, 0.3) is 5.65 Å². The number of imidazole rings is 1. The number of anilines is 1. The quantitative estimate of drug-likeness (QED) is 0.733. The molecular formula is C13H14N4O2. The second kappa shape index (κ2) is 4.38. The van der Waals surface area contributed by atoms with Gasteiger partial charge in [-0.05, 0) is 12.1 Å². The third kappa shape index (κ3) is 1.85. The number of aromatic nitrogens is 2. The van der Waals surface area contributed by atoms with E-state index in [1.54, 1.807) is 22.5 Å². The molecule has 0 aromatic carbocycles. The van der Waals surface area contributed by atoms with Crippen LogP contribution in [0.2, 0.25) is 0 Å². The zero-order chi connectivity index (χ0) is 13.4. The fourth-order valence-electron chi connectivity index (χ4n) is 2.28. The normalized spacial score (nSPS) is 16.2. The summed E-state index contributed by atoms with van der Waals surface area (Å²) in [5, 5.41) is 0. The van der Waals surface area contributed by atoms with E-state index in [0.717, 1.165) is 6.29 Å². The van der Waals surface area contributed by atoms with Gasteiger partial charge in [0.15, 0.2) is 12.1 Å². The Hall–Kier alpha value is -2.37.